The summed E-state index contributed by atoms with van der Waals surface area (Å²) in [5, 5.41) is 12.2. The third kappa shape index (κ3) is 2.10. The van der Waals surface area contributed by atoms with Gasteiger partial charge in [-0.3, -0.25) is 4.79 Å². The van der Waals surface area contributed by atoms with Crippen LogP contribution >= 0.6 is 11.6 Å². The number of ketones is 1. The van der Waals surface area contributed by atoms with Crippen molar-refractivity contribution in [1.82, 2.24) is 5.32 Å². The summed E-state index contributed by atoms with van der Waals surface area (Å²) in [5.41, 5.74) is 2.40. The molecule has 0 aromatic heterocycles. The highest BCUT2D eigenvalue weighted by Crippen LogP contribution is 2.28. The molecule has 1 aromatic rings. The summed E-state index contributed by atoms with van der Waals surface area (Å²) < 4.78 is 0. The first kappa shape index (κ1) is 11.2. The predicted octanol–water partition coefficient (Wildman–Crippen LogP) is 1.54. The van der Waals surface area contributed by atoms with Crippen LogP contribution in [0.5, 0.6) is 0 Å². The Balaban J connectivity index is 2.20. The molecule has 0 saturated heterocycles. The molecule has 16 heavy (non-hydrogen) atoms. The second kappa shape index (κ2) is 4.68. The van der Waals surface area contributed by atoms with Crippen molar-refractivity contribution in [1.29, 1.82) is 0 Å². The van der Waals surface area contributed by atoms with Crippen LogP contribution in [0.3, 0.4) is 0 Å². The summed E-state index contributed by atoms with van der Waals surface area (Å²) in [6, 6.07) is 5.30. The van der Waals surface area contributed by atoms with Gasteiger partial charge in [0.2, 0.25) is 0 Å². The Hall–Kier alpha value is -1.32. The highest BCUT2D eigenvalue weighted by molar-refractivity contribution is 6.31. The molecule has 0 aliphatic heterocycles. The average molecular weight is 238 g/mol. The summed E-state index contributed by atoms with van der Waals surface area (Å²) in [7, 11) is 0. The normalized spacial score (nSPS) is 16.6. The predicted molar refractivity (Wildman–Crippen MR) is 62.7 cm³/mol. The molecule has 0 fully saturated rings. The average Bonchev–Trinajstić information content (AvgIpc) is 2.56. The Morgan fingerprint density at radius 1 is 1.50 bits per heavy atom. The van der Waals surface area contributed by atoms with Crippen molar-refractivity contribution in [3.05, 3.63) is 46.1 Å². The van der Waals surface area contributed by atoms with E-state index in [-0.39, 0.29) is 12.4 Å². The van der Waals surface area contributed by atoms with E-state index in [4.69, 9.17) is 16.7 Å². The van der Waals surface area contributed by atoms with E-state index in [1.54, 1.807) is 18.3 Å². The molecule has 1 aliphatic carbocycles. The Bertz CT molecular complexity index is 454. The largest absolute Gasteiger partial charge is 0.395 e. The lowest BCUT2D eigenvalue weighted by atomic mass is 10.1. The second-order valence-electron chi connectivity index (χ2n) is 3.65. The number of aliphatic hydroxyl groups is 1. The quantitative estimate of drug-likeness (QED) is 0.620. The van der Waals surface area contributed by atoms with Gasteiger partial charge in [0.25, 0.3) is 0 Å². The third-order valence-corrected chi connectivity index (χ3v) is 2.75. The third-order valence-electron chi connectivity index (χ3n) is 2.52. The van der Waals surface area contributed by atoms with E-state index in [2.05, 4.69) is 5.32 Å². The lowest BCUT2D eigenvalue weighted by Gasteiger charge is -1.97. The van der Waals surface area contributed by atoms with Gasteiger partial charge in [-0.2, -0.15) is 0 Å². The molecular formula is C12H12ClNO2. The van der Waals surface area contributed by atoms with Gasteiger partial charge in [-0.15, -0.1) is 0 Å². The van der Waals surface area contributed by atoms with E-state index in [0.29, 0.717) is 23.6 Å². The van der Waals surface area contributed by atoms with E-state index in [1.807, 2.05) is 6.07 Å². The van der Waals surface area contributed by atoms with Crippen molar-refractivity contribution in [3.63, 3.8) is 0 Å². The molecular weight excluding hydrogens is 226 g/mol. The van der Waals surface area contributed by atoms with Crippen molar-refractivity contribution in [3.8, 4) is 0 Å². The molecule has 0 heterocycles. The van der Waals surface area contributed by atoms with Gasteiger partial charge in [0.05, 0.1) is 6.61 Å². The van der Waals surface area contributed by atoms with Crippen LogP contribution in [0.1, 0.15) is 15.9 Å². The molecule has 0 amide bonds. The van der Waals surface area contributed by atoms with Crippen molar-refractivity contribution >= 4 is 17.4 Å². The number of Topliss-reactive ketones (excluding diaryl/α,β-unsaturated/α-hetero) is 1. The van der Waals surface area contributed by atoms with Crippen LogP contribution in [-0.4, -0.2) is 24.0 Å². The van der Waals surface area contributed by atoms with Gasteiger partial charge in [-0.1, -0.05) is 11.6 Å². The molecule has 0 atom stereocenters. The molecule has 1 aliphatic rings. The van der Waals surface area contributed by atoms with Gasteiger partial charge in [-0.25, -0.2) is 0 Å². The number of fused-ring (bicyclic) bond motifs is 1. The lowest BCUT2D eigenvalue weighted by Crippen LogP contribution is -2.13. The zero-order valence-corrected chi connectivity index (χ0v) is 9.42. The van der Waals surface area contributed by atoms with Gasteiger partial charge in [0, 0.05) is 35.3 Å². The Morgan fingerprint density at radius 2 is 2.31 bits per heavy atom. The highest BCUT2D eigenvalue weighted by atomic mass is 35.5. The van der Waals surface area contributed by atoms with E-state index in [0.717, 1.165) is 11.1 Å². The minimum Gasteiger partial charge on any atom is -0.395 e. The first-order chi connectivity index (χ1) is 7.72. The van der Waals surface area contributed by atoms with Gasteiger partial charge in [0.1, 0.15) is 0 Å². The molecule has 0 radical (unpaired) electrons. The maximum atomic E-state index is 11.9. The monoisotopic (exact) mass is 237 g/mol. The first-order valence-corrected chi connectivity index (χ1v) is 5.46. The molecule has 0 spiro atoms. The highest BCUT2D eigenvalue weighted by Gasteiger charge is 2.24. The van der Waals surface area contributed by atoms with Gasteiger partial charge >= 0.3 is 0 Å². The SMILES string of the molecule is O=C1/C(=C\NCCO)Cc2cc(Cl)ccc21. The fraction of sp³-hybridized carbons (Fsp3) is 0.250. The molecule has 84 valence electrons. The summed E-state index contributed by atoms with van der Waals surface area (Å²) in [6.45, 7) is 0.505. The van der Waals surface area contributed by atoms with E-state index >= 15 is 0 Å². The number of hydrogen-bond donors (Lipinski definition) is 2. The molecule has 0 unspecified atom stereocenters. The Labute approximate surface area is 98.7 Å². The van der Waals surface area contributed by atoms with E-state index in [9.17, 15) is 4.79 Å². The molecule has 0 bridgehead atoms. The van der Waals surface area contributed by atoms with Crippen molar-refractivity contribution in [2.75, 3.05) is 13.2 Å². The number of nitrogens with one attached hydrogen (secondary N) is 1. The summed E-state index contributed by atoms with van der Waals surface area (Å²) >= 11 is 5.87. The number of rotatable bonds is 3. The molecule has 3 nitrogen and oxygen atoms in total. The molecule has 4 heteroatoms. The second-order valence-corrected chi connectivity index (χ2v) is 4.09. The Kier molecular flexibility index (Phi) is 3.27. The standard InChI is InChI=1S/C12H12ClNO2/c13-10-1-2-11-8(6-10)5-9(12(11)16)7-14-3-4-15/h1-2,6-7,14-15H,3-5H2/b9-7-. The summed E-state index contributed by atoms with van der Waals surface area (Å²) in [4.78, 5) is 11.9. The van der Waals surface area contributed by atoms with Crippen molar-refractivity contribution in [2.45, 2.75) is 6.42 Å². The number of allylic oxidation sites excluding steroid dienone is 1. The summed E-state index contributed by atoms with van der Waals surface area (Å²) in [6.07, 6.45) is 2.28. The minimum absolute atomic E-state index is 0.0390. The van der Waals surface area contributed by atoms with Crippen LogP contribution in [0.2, 0.25) is 5.02 Å². The van der Waals surface area contributed by atoms with E-state index in [1.165, 1.54) is 0 Å². The van der Waals surface area contributed by atoms with Gasteiger partial charge in [-0.05, 0) is 23.8 Å². The fourth-order valence-electron chi connectivity index (χ4n) is 1.76. The summed E-state index contributed by atoms with van der Waals surface area (Å²) in [5.74, 6) is 0.0390. The van der Waals surface area contributed by atoms with Crippen molar-refractivity contribution < 1.29 is 9.90 Å². The van der Waals surface area contributed by atoms with Crippen LogP contribution in [0.15, 0.2) is 30.0 Å². The minimum atomic E-state index is 0.0390. The Morgan fingerprint density at radius 3 is 3.06 bits per heavy atom. The van der Waals surface area contributed by atoms with Crippen molar-refractivity contribution in [2.24, 2.45) is 0 Å². The zero-order chi connectivity index (χ0) is 11.5. The molecule has 2 N–H and O–H groups in total. The molecule has 2 rings (SSSR count). The van der Waals surface area contributed by atoms with Crippen LogP contribution in [0.4, 0.5) is 0 Å². The number of hydrogen-bond acceptors (Lipinski definition) is 3. The molecule has 0 saturated carbocycles. The van der Waals surface area contributed by atoms with Crippen LogP contribution in [-0.2, 0) is 6.42 Å². The molecule has 1 aromatic carbocycles. The number of halogens is 1. The van der Waals surface area contributed by atoms with Crippen LogP contribution in [0, 0.1) is 0 Å². The maximum absolute atomic E-state index is 11.9. The van der Waals surface area contributed by atoms with E-state index < -0.39 is 0 Å². The van der Waals surface area contributed by atoms with Gasteiger partial charge in [0.15, 0.2) is 5.78 Å². The smallest absolute Gasteiger partial charge is 0.191 e. The first-order valence-electron chi connectivity index (χ1n) is 5.09. The maximum Gasteiger partial charge on any atom is 0.191 e. The number of carbonyl (C=O) groups is 1. The topological polar surface area (TPSA) is 49.3 Å². The van der Waals surface area contributed by atoms with Crippen LogP contribution < -0.4 is 5.32 Å². The number of carbonyl (C=O) groups excluding carboxylic acids is 1. The van der Waals surface area contributed by atoms with Gasteiger partial charge < -0.3 is 10.4 Å². The number of aliphatic hydroxyl groups excluding tert-OH is 1. The lowest BCUT2D eigenvalue weighted by molar-refractivity contribution is 0.103. The van der Waals surface area contributed by atoms with Crippen LogP contribution in [0.25, 0.3) is 0 Å². The zero-order valence-electron chi connectivity index (χ0n) is 8.66. The fourth-order valence-corrected chi connectivity index (χ4v) is 1.96. The number of benzene rings is 1.